The first-order chi connectivity index (χ1) is 9.66. The zero-order valence-corrected chi connectivity index (χ0v) is 11.8. The summed E-state index contributed by atoms with van der Waals surface area (Å²) < 4.78 is 2.09. The van der Waals surface area contributed by atoms with E-state index in [1.54, 1.807) is 19.0 Å². The van der Waals surface area contributed by atoms with E-state index in [9.17, 15) is 4.79 Å². The number of carbonyl (C=O) groups excluding carboxylic acids is 1. The van der Waals surface area contributed by atoms with Gasteiger partial charge in [0.2, 0.25) is 0 Å². The molecule has 0 saturated carbocycles. The van der Waals surface area contributed by atoms with Crippen molar-refractivity contribution in [2.45, 2.75) is 6.54 Å². The molecule has 0 unspecified atom stereocenters. The minimum atomic E-state index is 0.0290. The third kappa shape index (κ3) is 2.15. The number of amides is 1. The lowest BCUT2D eigenvalue weighted by Crippen LogP contribution is -2.23. The highest BCUT2D eigenvalue weighted by atomic mass is 16.2. The molecule has 2 aromatic rings. The highest BCUT2D eigenvalue weighted by molar-refractivity contribution is 6.07. The van der Waals surface area contributed by atoms with Crippen LogP contribution in [-0.2, 0) is 6.54 Å². The number of rotatable bonds is 3. The van der Waals surface area contributed by atoms with E-state index in [2.05, 4.69) is 14.9 Å². The maximum Gasteiger partial charge on any atom is 0.255 e. The predicted octanol–water partition coefficient (Wildman–Crippen LogP) is 1.34. The number of aromatic nitrogens is 1. The maximum absolute atomic E-state index is 12.3. The lowest BCUT2D eigenvalue weighted by molar-refractivity contribution is 0.0829. The summed E-state index contributed by atoms with van der Waals surface area (Å²) in [6.07, 6.45) is 1.93. The fraction of sp³-hybridized carbons (Fsp3) is 0.333. The Morgan fingerprint density at radius 2 is 2.20 bits per heavy atom. The Labute approximate surface area is 117 Å². The van der Waals surface area contributed by atoms with Crippen molar-refractivity contribution in [2.24, 2.45) is 4.99 Å². The molecule has 0 aliphatic carbocycles. The molecule has 0 spiro atoms. The number of para-hydroxylation sites is 1. The molecule has 5 nitrogen and oxygen atoms in total. The van der Waals surface area contributed by atoms with Crippen LogP contribution in [0.25, 0.3) is 10.9 Å². The zero-order chi connectivity index (χ0) is 14.1. The van der Waals surface area contributed by atoms with E-state index in [0.29, 0.717) is 6.54 Å². The molecule has 0 saturated heterocycles. The van der Waals surface area contributed by atoms with Crippen LogP contribution in [-0.4, -0.2) is 48.4 Å². The highest BCUT2D eigenvalue weighted by Crippen LogP contribution is 2.22. The van der Waals surface area contributed by atoms with Crippen LogP contribution in [0.2, 0.25) is 0 Å². The van der Waals surface area contributed by atoms with Crippen molar-refractivity contribution in [3.8, 4) is 0 Å². The lowest BCUT2D eigenvalue weighted by atomic mass is 10.1. The summed E-state index contributed by atoms with van der Waals surface area (Å²) in [5, 5.41) is 4.26. The van der Waals surface area contributed by atoms with Crippen molar-refractivity contribution in [3.05, 3.63) is 36.0 Å². The van der Waals surface area contributed by atoms with Crippen LogP contribution < -0.4 is 5.32 Å². The number of aliphatic imine (C=N–C) groups is 1. The molecule has 0 bridgehead atoms. The maximum atomic E-state index is 12.3. The van der Waals surface area contributed by atoms with E-state index in [1.165, 1.54) is 0 Å². The number of nitrogens with zero attached hydrogens (tertiary/aromatic N) is 3. The molecule has 0 radical (unpaired) electrons. The van der Waals surface area contributed by atoms with Gasteiger partial charge in [-0.15, -0.1) is 0 Å². The van der Waals surface area contributed by atoms with E-state index in [-0.39, 0.29) is 5.91 Å². The Balaban J connectivity index is 2.06. The number of amidine groups is 1. The van der Waals surface area contributed by atoms with Crippen molar-refractivity contribution >= 4 is 22.6 Å². The Bertz CT molecular complexity index is 684. The predicted molar refractivity (Wildman–Crippen MR) is 80.3 cm³/mol. The summed E-state index contributed by atoms with van der Waals surface area (Å²) in [6.45, 7) is 2.41. The molecule has 1 amide bonds. The molecule has 5 heteroatoms. The Morgan fingerprint density at radius 1 is 1.40 bits per heavy atom. The van der Waals surface area contributed by atoms with Crippen LogP contribution >= 0.6 is 0 Å². The molecule has 1 N–H and O–H groups in total. The normalized spacial score (nSPS) is 14.2. The van der Waals surface area contributed by atoms with Crippen molar-refractivity contribution in [1.29, 1.82) is 0 Å². The third-order valence-corrected chi connectivity index (χ3v) is 3.49. The number of nitrogens with one attached hydrogen (secondary N) is 1. The fourth-order valence-corrected chi connectivity index (χ4v) is 2.50. The van der Waals surface area contributed by atoms with Gasteiger partial charge in [0.05, 0.1) is 18.7 Å². The molecular formula is C15H18N4O. The summed E-state index contributed by atoms with van der Waals surface area (Å²) in [7, 11) is 3.55. The van der Waals surface area contributed by atoms with Gasteiger partial charge in [0.1, 0.15) is 5.84 Å². The number of hydrogen-bond acceptors (Lipinski definition) is 3. The average Bonchev–Trinajstić information content (AvgIpc) is 3.07. The second kappa shape index (κ2) is 5.00. The minimum Gasteiger partial charge on any atom is -0.370 e. The monoisotopic (exact) mass is 270 g/mol. The van der Waals surface area contributed by atoms with Gasteiger partial charge in [0.15, 0.2) is 0 Å². The first-order valence-corrected chi connectivity index (χ1v) is 6.73. The van der Waals surface area contributed by atoms with E-state index < -0.39 is 0 Å². The van der Waals surface area contributed by atoms with Gasteiger partial charge in [-0.05, 0) is 6.07 Å². The summed E-state index contributed by atoms with van der Waals surface area (Å²) >= 11 is 0. The molecule has 1 aromatic carbocycles. The van der Waals surface area contributed by atoms with Crippen molar-refractivity contribution in [1.82, 2.24) is 14.8 Å². The fourth-order valence-electron chi connectivity index (χ4n) is 2.50. The Hall–Kier alpha value is -2.30. The zero-order valence-electron chi connectivity index (χ0n) is 11.8. The quantitative estimate of drug-likeness (QED) is 0.915. The molecule has 1 aliphatic rings. The summed E-state index contributed by atoms with van der Waals surface area (Å²) in [6, 6.07) is 7.99. The second-order valence-corrected chi connectivity index (χ2v) is 5.14. The second-order valence-electron chi connectivity index (χ2n) is 5.14. The Kier molecular flexibility index (Phi) is 3.18. The van der Waals surface area contributed by atoms with Crippen LogP contribution in [0.3, 0.4) is 0 Å². The number of hydrogen-bond donors (Lipinski definition) is 1. The van der Waals surface area contributed by atoms with E-state index in [4.69, 9.17) is 0 Å². The first-order valence-electron chi connectivity index (χ1n) is 6.73. The molecule has 1 aliphatic heterocycles. The van der Waals surface area contributed by atoms with Crippen LogP contribution in [0.1, 0.15) is 10.4 Å². The summed E-state index contributed by atoms with van der Waals surface area (Å²) in [5.74, 6) is 1.01. The van der Waals surface area contributed by atoms with Crippen LogP contribution in [0.4, 0.5) is 0 Å². The molecule has 0 fully saturated rings. The van der Waals surface area contributed by atoms with Gasteiger partial charge < -0.3 is 14.8 Å². The SMILES string of the molecule is CN(C)C(=O)c1cn(CC2=NCCN2)c2ccccc12. The third-order valence-electron chi connectivity index (χ3n) is 3.49. The van der Waals surface area contributed by atoms with E-state index in [1.807, 2.05) is 30.5 Å². The van der Waals surface area contributed by atoms with Crippen molar-refractivity contribution in [3.63, 3.8) is 0 Å². The number of carbonyl (C=O) groups is 1. The van der Waals surface area contributed by atoms with Gasteiger partial charge in [-0.25, -0.2) is 0 Å². The number of benzene rings is 1. The molecule has 104 valence electrons. The van der Waals surface area contributed by atoms with Crippen LogP contribution in [0.15, 0.2) is 35.5 Å². The van der Waals surface area contributed by atoms with Gasteiger partial charge in [-0.3, -0.25) is 9.79 Å². The van der Waals surface area contributed by atoms with Crippen molar-refractivity contribution in [2.75, 3.05) is 27.2 Å². The molecular weight excluding hydrogens is 252 g/mol. The average molecular weight is 270 g/mol. The first kappa shape index (κ1) is 12.7. The molecule has 3 rings (SSSR count). The topological polar surface area (TPSA) is 49.6 Å². The smallest absolute Gasteiger partial charge is 0.255 e. The van der Waals surface area contributed by atoms with E-state index in [0.717, 1.165) is 35.4 Å². The van der Waals surface area contributed by atoms with Gasteiger partial charge >= 0.3 is 0 Å². The van der Waals surface area contributed by atoms with Gasteiger partial charge in [-0.2, -0.15) is 0 Å². The Morgan fingerprint density at radius 3 is 2.90 bits per heavy atom. The lowest BCUT2D eigenvalue weighted by Gasteiger charge is -2.08. The largest absolute Gasteiger partial charge is 0.370 e. The number of fused-ring (bicyclic) bond motifs is 1. The van der Waals surface area contributed by atoms with Gasteiger partial charge in [0.25, 0.3) is 5.91 Å². The summed E-state index contributed by atoms with van der Waals surface area (Å²) in [4.78, 5) is 18.3. The molecule has 1 aromatic heterocycles. The standard InChI is InChI=1S/C15H18N4O/c1-18(2)15(20)12-9-19(10-14-16-7-8-17-14)13-6-4-3-5-11(12)13/h3-6,9H,7-8,10H2,1-2H3,(H,16,17). The van der Waals surface area contributed by atoms with Crippen molar-refractivity contribution < 1.29 is 4.79 Å². The van der Waals surface area contributed by atoms with Crippen LogP contribution in [0.5, 0.6) is 0 Å². The van der Waals surface area contributed by atoms with Gasteiger partial charge in [0, 0.05) is 37.7 Å². The molecule has 20 heavy (non-hydrogen) atoms. The van der Waals surface area contributed by atoms with E-state index >= 15 is 0 Å². The molecule has 0 atom stereocenters. The van der Waals surface area contributed by atoms with Gasteiger partial charge in [-0.1, -0.05) is 18.2 Å². The van der Waals surface area contributed by atoms with Crippen LogP contribution in [0, 0.1) is 0 Å². The molecule has 2 heterocycles. The highest BCUT2D eigenvalue weighted by Gasteiger charge is 2.17. The summed E-state index contributed by atoms with van der Waals surface area (Å²) in [5.41, 5.74) is 1.80. The minimum absolute atomic E-state index is 0.0290.